The van der Waals surface area contributed by atoms with E-state index in [-0.39, 0.29) is 24.3 Å². The third kappa shape index (κ3) is 4.84. The van der Waals surface area contributed by atoms with Crippen LogP contribution in [0.4, 0.5) is 10.1 Å². The van der Waals surface area contributed by atoms with E-state index in [4.69, 9.17) is 0 Å². The Balaban J connectivity index is 1.64. The van der Waals surface area contributed by atoms with Gasteiger partial charge in [-0.1, -0.05) is 30.3 Å². The van der Waals surface area contributed by atoms with Crippen molar-refractivity contribution in [3.8, 4) is 0 Å². The van der Waals surface area contributed by atoms with Crippen molar-refractivity contribution in [2.75, 3.05) is 5.32 Å². The van der Waals surface area contributed by atoms with Crippen molar-refractivity contribution in [2.24, 2.45) is 0 Å². The molecule has 28 heavy (non-hydrogen) atoms. The second-order valence-corrected chi connectivity index (χ2v) is 7.49. The number of halogens is 1. The molecule has 0 saturated heterocycles. The Hall–Kier alpha value is -2.99. The van der Waals surface area contributed by atoms with E-state index in [1.807, 2.05) is 43.5 Å². The van der Waals surface area contributed by atoms with Gasteiger partial charge in [-0.25, -0.2) is 4.39 Å². The Labute approximate surface area is 167 Å². The molecule has 2 N–H and O–H groups in total. The summed E-state index contributed by atoms with van der Waals surface area (Å²) in [7, 11) is 0. The number of carbonyl (C=O) groups excluding carboxylic acids is 2. The van der Waals surface area contributed by atoms with Crippen molar-refractivity contribution in [3.63, 3.8) is 0 Å². The lowest BCUT2D eigenvalue weighted by atomic mass is 10.1. The number of benzene rings is 2. The van der Waals surface area contributed by atoms with Crippen LogP contribution in [-0.4, -0.2) is 11.8 Å². The molecule has 4 nitrogen and oxygen atoms in total. The minimum absolute atomic E-state index is 0.0408. The highest BCUT2D eigenvalue weighted by molar-refractivity contribution is 7.12. The summed E-state index contributed by atoms with van der Waals surface area (Å²) in [5.41, 5.74) is 2.77. The summed E-state index contributed by atoms with van der Waals surface area (Å²) in [4.78, 5) is 25.3. The third-order valence-electron chi connectivity index (χ3n) is 4.40. The number of thiophene rings is 1. The topological polar surface area (TPSA) is 58.2 Å². The summed E-state index contributed by atoms with van der Waals surface area (Å²) in [5.74, 6) is -0.811. The molecule has 0 fully saturated rings. The van der Waals surface area contributed by atoms with Crippen molar-refractivity contribution < 1.29 is 14.0 Å². The molecular weight excluding hydrogens is 375 g/mol. The summed E-state index contributed by atoms with van der Waals surface area (Å²) >= 11 is 1.41. The van der Waals surface area contributed by atoms with Crippen molar-refractivity contribution in [3.05, 3.63) is 87.4 Å². The zero-order valence-electron chi connectivity index (χ0n) is 15.7. The maximum absolute atomic E-state index is 13.7. The van der Waals surface area contributed by atoms with Gasteiger partial charge in [-0.3, -0.25) is 9.59 Å². The predicted molar refractivity (Wildman–Crippen MR) is 110 cm³/mol. The fourth-order valence-corrected chi connectivity index (χ4v) is 3.68. The summed E-state index contributed by atoms with van der Waals surface area (Å²) in [6.07, 6.45) is -0.0408. The van der Waals surface area contributed by atoms with E-state index < -0.39 is 5.82 Å². The van der Waals surface area contributed by atoms with Crippen molar-refractivity contribution in [1.29, 1.82) is 0 Å². The van der Waals surface area contributed by atoms with Gasteiger partial charge in [0, 0.05) is 5.69 Å². The largest absolute Gasteiger partial charge is 0.345 e. The molecule has 0 aliphatic rings. The van der Waals surface area contributed by atoms with E-state index in [2.05, 4.69) is 10.6 Å². The molecule has 0 bridgehead atoms. The Morgan fingerprint density at radius 3 is 2.61 bits per heavy atom. The minimum Gasteiger partial charge on any atom is -0.345 e. The average molecular weight is 396 g/mol. The number of carbonyl (C=O) groups is 2. The van der Waals surface area contributed by atoms with Crippen LogP contribution < -0.4 is 10.6 Å². The van der Waals surface area contributed by atoms with Crippen molar-refractivity contribution in [2.45, 2.75) is 26.3 Å². The molecule has 1 unspecified atom stereocenters. The first-order chi connectivity index (χ1) is 13.4. The van der Waals surface area contributed by atoms with Crippen LogP contribution in [0.15, 0.2) is 60.0 Å². The second-order valence-electron chi connectivity index (χ2n) is 6.57. The lowest BCUT2D eigenvalue weighted by molar-refractivity contribution is -0.115. The molecule has 144 valence electrons. The van der Waals surface area contributed by atoms with Crippen LogP contribution in [0.2, 0.25) is 0 Å². The molecule has 0 saturated carbocycles. The normalized spacial score (nSPS) is 11.7. The number of hydrogen-bond donors (Lipinski definition) is 2. The third-order valence-corrected chi connectivity index (χ3v) is 5.41. The lowest BCUT2D eigenvalue weighted by Gasteiger charge is -2.15. The Morgan fingerprint density at radius 1 is 1.11 bits per heavy atom. The lowest BCUT2D eigenvalue weighted by Crippen LogP contribution is -2.26. The van der Waals surface area contributed by atoms with Gasteiger partial charge in [-0.15, -0.1) is 11.3 Å². The van der Waals surface area contributed by atoms with E-state index in [0.29, 0.717) is 16.1 Å². The molecule has 6 heteroatoms. The Bertz CT molecular complexity index is 999. The zero-order chi connectivity index (χ0) is 20.1. The highest BCUT2D eigenvalue weighted by atomic mass is 32.1. The second kappa shape index (κ2) is 8.80. The Morgan fingerprint density at radius 2 is 1.89 bits per heavy atom. The predicted octanol–water partition coefficient (Wildman–Crippen LogP) is 4.87. The van der Waals surface area contributed by atoms with Gasteiger partial charge in [0.15, 0.2) is 0 Å². The van der Waals surface area contributed by atoms with Crippen LogP contribution in [0.5, 0.6) is 0 Å². The fraction of sp³-hybridized carbons (Fsp3) is 0.182. The van der Waals surface area contributed by atoms with Crippen LogP contribution in [0, 0.1) is 12.7 Å². The summed E-state index contributed by atoms with van der Waals surface area (Å²) in [6.45, 7) is 3.79. The van der Waals surface area contributed by atoms with E-state index in [0.717, 1.165) is 11.1 Å². The molecule has 1 heterocycles. The smallest absolute Gasteiger partial charge is 0.262 e. The summed E-state index contributed by atoms with van der Waals surface area (Å²) in [6, 6.07) is 15.2. The number of anilines is 1. The summed E-state index contributed by atoms with van der Waals surface area (Å²) < 4.78 is 13.7. The summed E-state index contributed by atoms with van der Waals surface area (Å²) in [5, 5.41) is 7.65. The molecule has 1 aromatic heterocycles. The zero-order valence-corrected chi connectivity index (χ0v) is 16.5. The van der Waals surface area contributed by atoms with Gasteiger partial charge in [0.25, 0.3) is 5.91 Å². The number of nitrogens with one attached hydrogen (secondary N) is 2. The number of hydrogen-bond acceptors (Lipinski definition) is 3. The average Bonchev–Trinajstić information content (AvgIpc) is 3.10. The minimum atomic E-state index is -0.397. The van der Waals surface area contributed by atoms with Gasteiger partial charge >= 0.3 is 0 Å². The van der Waals surface area contributed by atoms with Gasteiger partial charge in [0.05, 0.1) is 17.3 Å². The van der Waals surface area contributed by atoms with Gasteiger partial charge in [0.1, 0.15) is 5.82 Å². The first kappa shape index (κ1) is 19.8. The standard InChI is InChI=1S/C22H21FN2O2S/c1-14-10-11-28-21(14)22(27)24-15(2)16-7-5-8-18(12-16)25-20(26)13-17-6-3-4-9-19(17)23/h3-12,15H,13H2,1-2H3,(H,24,27)(H,25,26). The fourth-order valence-electron chi connectivity index (χ4n) is 2.86. The van der Waals surface area contributed by atoms with Crippen molar-refractivity contribution in [1.82, 2.24) is 5.32 Å². The molecule has 1 atom stereocenters. The highest BCUT2D eigenvalue weighted by Crippen LogP contribution is 2.21. The van der Waals surface area contributed by atoms with E-state index >= 15 is 0 Å². The van der Waals surface area contributed by atoms with Crippen LogP contribution >= 0.6 is 11.3 Å². The molecule has 0 spiro atoms. The van der Waals surface area contributed by atoms with Gasteiger partial charge in [-0.2, -0.15) is 0 Å². The quantitative estimate of drug-likeness (QED) is 0.625. The molecule has 0 aliphatic carbocycles. The van der Waals surface area contributed by atoms with E-state index in [1.165, 1.54) is 17.4 Å². The highest BCUT2D eigenvalue weighted by Gasteiger charge is 2.15. The number of rotatable bonds is 6. The molecule has 0 aliphatic heterocycles. The van der Waals surface area contributed by atoms with Gasteiger partial charge < -0.3 is 10.6 Å². The molecule has 3 rings (SSSR count). The van der Waals surface area contributed by atoms with E-state index in [1.54, 1.807) is 24.3 Å². The van der Waals surface area contributed by atoms with Crippen LogP contribution in [0.25, 0.3) is 0 Å². The molecular formula is C22H21FN2O2S. The first-order valence-corrected chi connectivity index (χ1v) is 9.80. The maximum atomic E-state index is 13.7. The molecule has 2 amide bonds. The van der Waals surface area contributed by atoms with Gasteiger partial charge in [-0.05, 0) is 60.2 Å². The molecule has 0 radical (unpaired) electrons. The van der Waals surface area contributed by atoms with Crippen LogP contribution in [-0.2, 0) is 11.2 Å². The maximum Gasteiger partial charge on any atom is 0.262 e. The number of amides is 2. The number of aryl methyl sites for hydroxylation is 1. The first-order valence-electron chi connectivity index (χ1n) is 8.92. The van der Waals surface area contributed by atoms with Crippen LogP contribution in [0.3, 0.4) is 0 Å². The van der Waals surface area contributed by atoms with Crippen molar-refractivity contribution >= 4 is 28.8 Å². The van der Waals surface area contributed by atoms with E-state index in [9.17, 15) is 14.0 Å². The van der Waals surface area contributed by atoms with Gasteiger partial charge in [0.2, 0.25) is 5.91 Å². The SMILES string of the molecule is Cc1ccsc1C(=O)NC(C)c1cccc(NC(=O)Cc2ccccc2F)c1. The molecule has 2 aromatic carbocycles. The monoisotopic (exact) mass is 396 g/mol. The van der Waals surface area contributed by atoms with Crippen LogP contribution in [0.1, 0.15) is 39.3 Å². The molecule has 3 aromatic rings. The Kier molecular flexibility index (Phi) is 6.21.